The summed E-state index contributed by atoms with van der Waals surface area (Å²) in [6, 6.07) is 11.2. The van der Waals surface area contributed by atoms with Gasteiger partial charge in [0.2, 0.25) is 6.79 Å². The van der Waals surface area contributed by atoms with E-state index < -0.39 is 5.97 Å². The lowest BCUT2D eigenvalue weighted by Gasteiger charge is -2.10. The Morgan fingerprint density at radius 3 is 2.64 bits per heavy atom. The van der Waals surface area contributed by atoms with Crippen LogP contribution in [-0.2, 0) is 18.7 Å². The Balaban J connectivity index is 1.66. The van der Waals surface area contributed by atoms with E-state index in [1.165, 1.54) is 11.8 Å². The number of nitrogens with zero attached hydrogens (tertiary/aromatic N) is 2. The van der Waals surface area contributed by atoms with Gasteiger partial charge in [0.05, 0.1) is 12.8 Å². The number of carboxylic acids is 1. The van der Waals surface area contributed by atoms with Crippen LogP contribution in [0.4, 0.5) is 0 Å². The highest BCUT2D eigenvalue weighted by Crippen LogP contribution is 2.38. The minimum Gasteiger partial charge on any atom is -0.497 e. The lowest BCUT2D eigenvalue weighted by molar-refractivity contribution is 0.0692. The lowest BCUT2D eigenvalue weighted by atomic mass is 10.1. The summed E-state index contributed by atoms with van der Waals surface area (Å²) in [5.41, 5.74) is 2.68. The molecule has 0 radical (unpaired) electrons. The van der Waals surface area contributed by atoms with E-state index in [1.54, 1.807) is 13.2 Å². The molecule has 0 aliphatic carbocycles. The number of hydrogen-bond donors (Lipinski definition) is 1. The Morgan fingerprint density at radius 1 is 1.24 bits per heavy atom. The van der Waals surface area contributed by atoms with Crippen molar-refractivity contribution in [3.8, 4) is 17.2 Å². The van der Waals surface area contributed by atoms with Gasteiger partial charge in [0, 0.05) is 29.8 Å². The minimum absolute atomic E-state index is 0.149. The molecular weight excluding hydrogens is 464 g/mol. The van der Waals surface area contributed by atoms with Gasteiger partial charge in [0.1, 0.15) is 16.3 Å². The molecule has 0 atom stereocenters. The van der Waals surface area contributed by atoms with Crippen molar-refractivity contribution in [1.82, 2.24) is 9.78 Å². The van der Waals surface area contributed by atoms with Gasteiger partial charge in [-0.2, -0.15) is 5.10 Å². The molecule has 0 fully saturated rings. The van der Waals surface area contributed by atoms with Gasteiger partial charge in [-0.25, -0.2) is 4.79 Å². The normalized spacial score (nSPS) is 12.2. The summed E-state index contributed by atoms with van der Waals surface area (Å²) in [4.78, 5) is 12.3. The maximum Gasteiger partial charge on any atom is 0.340 e. The summed E-state index contributed by atoms with van der Waals surface area (Å²) < 4.78 is 17.9. The van der Waals surface area contributed by atoms with Gasteiger partial charge in [0.25, 0.3) is 0 Å². The van der Waals surface area contributed by atoms with Crippen LogP contribution in [0.1, 0.15) is 46.9 Å². The Hall–Kier alpha value is -2.84. The SMILES string of the molecule is CCCCn1nc(SCc2ccc(OC)cc2)c(C(=O)O)c1Cc1cc2c(cc1Cl)OCO2. The molecule has 174 valence electrons. The number of thioether (sulfide) groups is 1. The number of unbranched alkanes of at least 4 members (excludes halogenated alkanes) is 1. The molecule has 1 N–H and O–H groups in total. The van der Waals surface area contributed by atoms with E-state index in [2.05, 4.69) is 6.92 Å². The summed E-state index contributed by atoms with van der Waals surface area (Å²) in [6.45, 7) is 2.88. The van der Waals surface area contributed by atoms with Crippen molar-refractivity contribution < 1.29 is 24.1 Å². The molecule has 0 saturated carbocycles. The molecule has 0 amide bonds. The van der Waals surface area contributed by atoms with Gasteiger partial charge in [-0.1, -0.05) is 48.8 Å². The van der Waals surface area contributed by atoms with Gasteiger partial charge in [-0.15, -0.1) is 0 Å². The summed E-state index contributed by atoms with van der Waals surface area (Å²) in [5.74, 6) is 1.58. The molecule has 1 aliphatic rings. The van der Waals surface area contributed by atoms with Crippen LogP contribution >= 0.6 is 23.4 Å². The highest BCUT2D eigenvalue weighted by Gasteiger charge is 2.26. The zero-order chi connectivity index (χ0) is 23.4. The first-order chi connectivity index (χ1) is 16.0. The second-order valence-electron chi connectivity index (χ2n) is 7.62. The fraction of sp³-hybridized carbons (Fsp3) is 0.333. The largest absolute Gasteiger partial charge is 0.497 e. The molecule has 0 saturated heterocycles. The van der Waals surface area contributed by atoms with E-state index in [0.29, 0.717) is 46.0 Å². The fourth-order valence-electron chi connectivity index (χ4n) is 3.61. The number of carbonyl (C=O) groups is 1. The number of aryl methyl sites for hydroxylation is 1. The van der Waals surface area contributed by atoms with E-state index in [0.717, 1.165) is 29.7 Å². The average Bonchev–Trinajstić information content (AvgIpc) is 3.40. The van der Waals surface area contributed by atoms with E-state index in [9.17, 15) is 9.90 Å². The van der Waals surface area contributed by atoms with E-state index in [1.807, 2.05) is 35.0 Å². The van der Waals surface area contributed by atoms with Gasteiger partial charge >= 0.3 is 5.97 Å². The van der Waals surface area contributed by atoms with Crippen LogP contribution in [0.5, 0.6) is 17.2 Å². The molecule has 1 aromatic heterocycles. The van der Waals surface area contributed by atoms with Crippen molar-refractivity contribution >= 4 is 29.3 Å². The molecule has 2 aromatic carbocycles. The van der Waals surface area contributed by atoms with Crippen LogP contribution in [0.25, 0.3) is 0 Å². The van der Waals surface area contributed by atoms with Gasteiger partial charge in [-0.3, -0.25) is 4.68 Å². The Bertz CT molecular complexity index is 1150. The summed E-state index contributed by atoms with van der Waals surface area (Å²) in [6.07, 6.45) is 2.20. The summed E-state index contributed by atoms with van der Waals surface area (Å²) in [5, 5.41) is 15.8. The summed E-state index contributed by atoms with van der Waals surface area (Å²) >= 11 is 7.91. The predicted molar refractivity (Wildman–Crippen MR) is 127 cm³/mol. The molecule has 33 heavy (non-hydrogen) atoms. The minimum atomic E-state index is -0.998. The third kappa shape index (κ3) is 5.23. The Morgan fingerprint density at radius 2 is 1.97 bits per heavy atom. The first kappa shape index (κ1) is 23.3. The molecule has 0 spiro atoms. The van der Waals surface area contributed by atoms with Crippen LogP contribution in [0.15, 0.2) is 41.4 Å². The Kier molecular flexibility index (Phi) is 7.35. The van der Waals surface area contributed by atoms with Crippen LogP contribution in [0.2, 0.25) is 5.02 Å². The maximum absolute atomic E-state index is 12.3. The van der Waals surface area contributed by atoms with Crippen LogP contribution in [-0.4, -0.2) is 34.8 Å². The van der Waals surface area contributed by atoms with Gasteiger partial charge < -0.3 is 19.3 Å². The van der Waals surface area contributed by atoms with Crippen molar-refractivity contribution in [1.29, 1.82) is 0 Å². The molecular formula is C24H25ClN2O5S. The Labute approximate surface area is 201 Å². The molecule has 4 rings (SSSR count). The monoisotopic (exact) mass is 488 g/mol. The number of hydrogen-bond acceptors (Lipinski definition) is 6. The first-order valence-electron chi connectivity index (χ1n) is 10.7. The number of ether oxygens (including phenoxy) is 3. The quantitative estimate of drug-likeness (QED) is 0.369. The highest BCUT2D eigenvalue weighted by atomic mass is 35.5. The smallest absolute Gasteiger partial charge is 0.340 e. The van der Waals surface area contributed by atoms with Gasteiger partial charge in [0.15, 0.2) is 11.5 Å². The van der Waals surface area contributed by atoms with E-state index in [-0.39, 0.29) is 12.4 Å². The van der Waals surface area contributed by atoms with Crippen LogP contribution in [0, 0.1) is 0 Å². The number of methoxy groups -OCH3 is 1. The number of carboxylic acid groups (broad SMARTS) is 1. The third-order valence-electron chi connectivity index (χ3n) is 5.40. The fourth-order valence-corrected chi connectivity index (χ4v) is 4.83. The standard InChI is InChI=1S/C24H25ClN2O5S/c1-3-4-9-27-19(10-16-11-20-21(12-18(16)25)32-14-31-20)22(24(28)29)23(26-27)33-13-15-5-7-17(30-2)8-6-15/h5-8,11-12H,3-4,9-10,13-14H2,1-2H3,(H,28,29). The van der Waals surface area contributed by atoms with Crippen molar-refractivity contribution in [3.63, 3.8) is 0 Å². The van der Waals surface area contributed by atoms with Crippen molar-refractivity contribution in [2.75, 3.05) is 13.9 Å². The molecule has 2 heterocycles. The number of fused-ring (bicyclic) bond motifs is 1. The number of aromatic carboxylic acids is 1. The van der Waals surface area contributed by atoms with Crippen molar-refractivity contribution in [3.05, 3.63) is 63.8 Å². The molecule has 1 aliphatic heterocycles. The first-order valence-corrected chi connectivity index (χ1v) is 12.0. The predicted octanol–water partition coefficient (Wildman–Crippen LogP) is 5.66. The zero-order valence-corrected chi connectivity index (χ0v) is 20.0. The second-order valence-corrected chi connectivity index (χ2v) is 8.99. The van der Waals surface area contributed by atoms with E-state index in [4.69, 9.17) is 30.9 Å². The van der Waals surface area contributed by atoms with Crippen LogP contribution in [0.3, 0.4) is 0 Å². The van der Waals surface area contributed by atoms with Crippen molar-refractivity contribution in [2.45, 2.75) is 43.5 Å². The van der Waals surface area contributed by atoms with Crippen LogP contribution < -0.4 is 14.2 Å². The summed E-state index contributed by atoms with van der Waals surface area (Å²) in [7, 11) is 1.62. The number of halogens is 1. The molecule has 7 nitrogen and oxygen atoms in total. The molecule has 0 unspecified atom stereocenters. The highest BCUT2D eigenvalue weighted by molar-refractivity contribution is 7.98. The molecule has 9 heteroatoms. The zero-order valence-electron chi connectivity index (χ0n) is 18.5. The number of benzene rings is 2. The molecule has 0 bridgehead atoms. The number of aromatic nitrogens is 2. The average molecular weight is 489 g/mol. The number of rotatable bonds is 10. The second kappa shape index (κ2) is 10.4. The van der Waals surface area contributed by atoms with E-state index >= 15 is 0 Å². The topological polar surface area (TPSA) is 82.8 Å². The van der Waals surface area contributed by atoms with Crippen molar-refractivity contribution in [2.24, 2.45) is 0 Å². The van der Waals surface area contributed by atoms with Gasteiger partial charge in [-0.05, 0) is 35.7 Å². The molecule has 3 aromatic rings. The lowest BCUT2D eigenvalue weighted by Crippen LogP contribution is -2.09. The third-order valence-corrected chi connectivity index (χ3v) is 6.79. The maximum atomic E-state index is 12.3.